The van der Waals surface area contributed by atoms with Crippen LogP contribution in [0.2, 0.25) is 0 Å². The number of carbonyl (C=O) groups is 1. The van der Waals surface area contributed by atoms with E-state index in [4.69, 9.17) is 5.73 Å². The number of pyridine rings is 1. The fraction of sp³-hybridized carbons (Fsp3) is 0.667. The number of anilines is 1. The van der Waals surface area contributed by atoms with Crippen molar-refractivity contribution in [2.24, 2.45) is 11.7 Å². The molecule has 0 spiro atoms. The van der Waals surface area contributed by atoms with Crippen molar-refractivity contribution in [1.82, 2.24) is 15.2 Å². The van der Waals surface area contributed by atoms with Gasteiger partial charge in [0.15, 0.2) is 0 Å². The first-order valence-corrected chi connectivity index (χ1v) is 8.75. The molecule has 1 amide bonds. The number of carbonyl (C=O) groups excluding carboxylic acids is 1. The van der Waals surface area contributed by atoms with Gasteiger partial charge in [0.2, 0.25) is 0 Å². The van der Waals surface area contributed by atoms with Gasteiger partial charge in [0.1, 0.15) is 5.82 Å². The van der Waals surface area contributed by atoms with Crippen LogP contribution in [-0.2, 0) is 0 Å². The van der Waals surface area contributed by atoms with E-state index in [-0.39, 0.29) is 36.3 Å². The van der Waals surface area contributed by atoms with Crippen LogP contribution in [0.25, 0.3) is 0 Å². The van der Waals surface area contributed by atoms with Gasteiger partial charge in [0.05, 0.1) is 0 Å². The molecule has 0 bridgehead atoms. The summed E-state index contributed by atoms with van der Waals surface area (Å²) in [5, 5.41) is 3.11. The molecule has 1 fully saturated rings. The lowest BCUT2D eigenvalue weighted by molar-refractivity contribution is 0.0898. The Hall–Kier alpha value is -1.08. The predicted octanol–water partition coefficient (Wildman–Crippen LogP) is 2.17. The van der Waals surface area contributed by atoms with Gasteiger partial charge >= 0.3 is 0 Å². The van der Waals surface area contributed by atoms with Crippen LogP contribution in [0.3, 0.4) is 0 Å². The van der Waals surface area contributed by atoms with Gasteiger partial charge in [-0.1, -0.05) is 13.8 Å². The molecule has 1 aliphatic heterocycles. The smallest absolute Gasteiger partial charge is 0.251 e. The normalized spacial score (nSPS) is 17.1. The summed E-state index contributed by atoms with van der Waals surface area (Å²) in [6, 6.07) is 3.65. The van der Waals surface area contributed by atoms with E-state index in [0.717, 1.165) is 38.4 Å². The number of hydrogen-bond acceptors (Lipinski definition) is 5. The second-order valence-electron chi connectivity index (χ2n) is 7.51. The Kier molecular flexibility index (Phi) is 10.5. The summed E-state index contributed by atoms with van der Waals surface area (Å²) in [5.41, 5.74) is 6.16. The van der Waals surface area contributed by atoms with E-state index in [1.807, 2.05) is 13.0 Å². The highest BCUT2D eigenvalue weighted by atomic mass is 35.5. The minimum absolute atomic E-state index is 0. The molecule has 1 aromatic rings. The van der Waals surface area contributed by atoms with Crippen molar-refractivity contribution in [2.45, 2.75) is 32.7 Å². The molecule has 0 aromatic carbocycles. The number of piperazine rings is 1. The summed E-state index contributed by atoms with van der Waals surface area (Å²) in [7, 11) is 2.12. The minimum Gasteiger partial charge on any atom is -0.354 e. The molecular weight excluding hydrogens is 373 g/mol. The summed E-state index contributed by atoms with van der Waals surface area (Å²) < 4.78 is 0. The minimum atomic E-state index is -0.386. The van der Waals surface area contributed by atoms with Gasteiger partial charge in [-0.15, -0.1) is 24.8 Å². The SMILES string of the molecule is CC(C)CC(C)(CN)NC(=O)c1ccnc(N2CCN(C)CC2)c1.Cl.Cl. The third kappa shape index (κ3) is 6.91. The van der Waals surface area contributed by atoms with Crippen LogP contribution in [0, 0.1) is 5.92 Å². The van der Waals surface area contributed by atoms with Crippen LogP contribution in [-0.4, -0.2) is 61.1 Å². The number of hydrogen-bond donors (Lipinski definition) is 2. The Balaban J connectivity index is 0.00000312. The van der Waals surface area contributed by atoms with E-state index in [1.54, 1.807) is 12.3 Å². The van der Waals surface area contributed by atoms with Crippen molar-refractivity contribution < 1.29 is 4.79 Å². The molecule has 1 atom stereocenters. The van der Waals surface area contributed by atoms with Gasteiger partial charge in [-0.3, -0.25) is 4.79 Å². The molecule has 150 valence electrons. The molecule has 6 nitrogen and oxygen atoms in total. The fourth-order valence-corrected chi connectivity index (χ4v) is 3.20. The molecule has 1 aromatic heterocycles. The molecule has 2 heterocycles. The largest absolute Gasteiger partial charge is 0.354 e. The molecular formula is C18H33Cl2N5O. The highest BCUT2D eigenvalue weighted by Crippen LogP contribution is 2.18. The number of nitrogens with two attached hydrogens (primary N) is 1. The molecule has 26 heavy (non-hydrogen) atoms. The zero-order valence-electron chi connectivity index (χ0n) is 16.2. The van der Waals surface area contributed by atoms with Crippen molar-refractivity contribution in [2.75, 3.05) is 44.7 Å². The Morgan fingerprint density at radius 2 is 1.92 bits per heavy atom. The van der Waals surface area contributed by atoms with Crippen LogP contribution in [0.1, 0.15) is 37.6 Å². The summed E-state index contributed by atoms with van der Waals surface area (Å²) in [4.78, 5) is 21.6. The number of nitrogens with zero attached hydrogens (tertiary/aromatic N) is 3. The summed E-state index contributed by atoms with van der Waals surface area (Å²) in [5.74, 6) is 1.26. The maximum Gasteiger partial charge on any atom is 0.251 e. The summed E-state index contributed by atoms with van der Waals surface area (Å²) >= 11 is 0. The maximum atomic E-state index is 12.7. The summed E-state index contributed by atoms with van der Waals surface area (Å²) in [6.45, 7) is 10.6. The van der Waals surface area contributed by atoms with Crippen LogP contribution < -0.4 is 16.0 Å². The topological polar surface area (TPSA) is 74.5 Å². The average Bonchev–Trinajstić information content (AvgIpc) is 2.55. The highest BCUT2D eigenvalue weighted by molar-refractivity contribution is 5.95. The number of aromatic nitrogens is 1. The Morgan fingerprint density at radius 3 is 2.46 bits per heavy atom. The van der Waals surface area contributed by atoms with Gasteiger partial charge in [-0.2, -0.15) is 0 Å². The molecule has 1 unspecified atom stereocenters. The van der Waals surface area contributed by atoms with Gasteiger partial charge < -0.3 is 20.9 Å². The number of halogens is 2. The van der Waals surface area contributed by atoms with Crippen LogP contribution >= 0.6 is 24.8 Å². The molecule has 1 saturated heterocycles. The third-order valence-corrected chi connectivity index (χ3v) is 4.56. The molecule has 0 saturated carbocycles. The second kappa shape index (κ2) is 10.9. The van der Waals surface area contributed by atoms with Gasteiger partial charge in [-0.05, 0) is 38.4 Å². The van der Waals surface area contributed by atoms with E-state index >= 15 is 0 Å². The molecule has 8 heteroatoms. The lowest BCUT2D eigenvalue weighted by Gasteiger charge is -2.33. The molecule has 1 aliphatic rings. The number of nitrogens with one attached hydrogen (secondary N) is 1. The molecule has 2 rings (SSSR count). The maximum absolute atomic E-state index is 12.7. The zero-order chi connectivity index (χ0) is 17.7. The van der Waals surface area contributed by atoms with E-state index in [1.165, 1.54) is 0 Å². The van der Waals surface area contributed by atoms with Gasteiger partial charge in [0.25, 0.3) is 5.91 Å². The van der Waals surface area contributed by atoms with E-state index in [9.17, 15) is 4.79 Å². The lowest BCUT2D eigenvalue weighted by Crippen LogP contribution is -2.52. The van der Waals surface area contributed by atoms with Crippen molar-refractivity contribution in [1.29, 1.82) is 0 Å². The number of likely N-dealkylation sites (N-methyl/N-ethyl adjacent to an activating group) is 1. The molecule has 0 aliphatic carbocycles. The second-order valence-corrected chi connectivity index (χ2v) is 7.51. The molecule has 3 N–H and O–H groups in total. The Labute approximate surface area is 169 Å². The van der Waals surface area contributed by atoms with Crippen LogP contribution in [0.15, 0.2) is 18.3 Å². The highest BCUT2D eigenvalue weighted by Gasteiger charge is 2.26. The van der Waals surface area contributed by atoms with Crippen LogP contribution in [0.4, 0.5) is 5.82 Å². The first-order valence-electron chi connectivity index (χ1n) is 8.75. The van der Waals surface area contributed by atoms with Crippen molar-refractivity contribution in [3.63, 3.8) is 0 Å². The standard InChI is InChI=1S/C18H31N5O.2ClH/c1-14(2)12-18(3,13-19)21-17(24)15-5-6-20-16(11-15)23-9-7-22(4)8-10-23;;/h5-6,11,14H,7-10,12-13,19H2,1-4H3,(H,21,24);2*1H. The van der Waals surface area contributed by atoms with Crippen LogP contribution in [0.5, 0.6) is 0 Å². The van der Waals surface area contributed by atoms with Crippen molar-refractivity contribution in [3.05, 3.63) is 23.9 Å². The quantitative estimate of drug-likeness (QED) is 0.758. The number of amides is 1. The van der Waals surface area contributed by atoms with E-state index < -0.39 is 0 Å². The van der Waals surface area contributed by atoms with E-state index in [2.05, 4.69) is 41.0 Å². The fourth-order valence-electron chi connectivity index (χ4n) is 3.20. The monoisotopic (exact) mass is 405 g/mol. The van der Waals surface area contributed by atoms with Gasteiger partial charge in [-0.25, -0.2) is 4.98 Å². The van der Waals surface area contributed by atoms with E-state index in [0.29, 0.717) is 18.0 Å². The Morgan fingerprint density at radius 1 is 1.31 bits per heavy atom. The lowest BCUT2D eigenvalue weighted by atomic mass is 9.90. The summed E-state index contributed by atoms with van der Waals surface area (Å²) in [6.07, 6.45) is 2.57. The first kappa shape index (κ1) is 24.9. The zero-order valence-corrected chi connectivity index (χ0v) is 17.8. The Bertz CT molecular complexity index is 564. The first-order chi connectivity index (χ1) is 11.3. The molecule has 0 radical (unpaired) electrons. The van der Waals surface area contributed by atoms with Crippen molar-refractivity contribution >= 4 is 36.5 Å². The predicted molar refractivity (Wildman–Crippen MR) is 113 cm³/mol. The average molecular weight is 406 g/mol. The van der Waals surface area contributed by atoms with Crippen molar-refractivity contribution in [3.8, 4) is 0 Å². The number of rotatable bonds is 6. The van der Waals surface area contributed by atoms with Gasteiger partial charge in [0, 0.05) is 50.0 Å². The third-order valence-electron chi connectivity index (χ3n) is 4.56.